The molecule has 0 bridgehead atoms. The van der Waals surface area contributed by atoms with Crippen molar-refractivity contribution in [2.24, 2.45) is 0 Å². The number of nitriles is 1. The monoisotopic (exact) mass is 232 g/mol. The highest BCUT2D eigenvalue weighted by Crippen LogP contribution is 2.18. The highest BCUT2D eigenvalue weighted by Gasteiger charge is 2.25. The molecule has 0 aliphatic carbocycles. The van der Waals surface area contributed by atoms with Gasteiger partial charge in [0.25, 0.3) is 0 Å². The van der Waals surface area contributed by atoms with E-state index in [0.29, 0.717) is 12.8 Å². The lowest BCUT2D eigenvalue weighted by molar-refractivity contribution is -0.133. The van der Waals surface area contributed by atoms with Crippen LogP contribution in [0, 0.1) is 11.3 Å². The second kappa shape index (κ2) is 5.53. The average molecular weight is 232 g/mol. The number of carbonyl (C=O) groups excluding carboxylic acids is 1. The number of carbonyl (C=O) groups is 1. The SMILES string of the molecule is N#CC1CCCCN1C(=O)CCc1ccco1. The minimum atomic E-state index is -0.229. The van der Waals surface area contributed by atoms with Gasteiger partial charge < -0.3 is 9.32 Å². The van der Waals surface area contributed by atoms with Crippen molar-refractivity contribution in [3.63, 3.8) is 0 Å². The van der Waals surface area contributed by atoms with Gasteiger partial charge in [-0.05, 0) is 31.4 Å². The number of piperidine rings is 1. The van der Waals surface area contributed by atoms with Crippen LogP contribution >= 0.6 is 0 Å². The summed E-state index contributed by atoms with van der Waals surface area (Å²) >= 11 is 0. The molecule has 1 aliphatic heterocycles. The zero-order valence-electron chi connectivity index (χ0n) is 9.76. The number of amides is 1. The Morgan fingerprint density at radius 3 is 3.18 bits per heavy atom. The van der Waals surface area contributed by atoms with Crippen molar-refractivity contribution in [1.82, 2.24) is 4.90 Å². The van der Waals surface area contributed by atoms with E-state index in [9.17, 15) is 4.79 Å². The van der Waals surface area contributed by atoms with Crippen molar-refractivity contribution in [2.75, 3.05) is 6.54 Å². The van der Waals surface area contributed by atoms with Gasteiger partial charge >= 0.3 is 0 Å². The topological polar surface area (TPSA) is 57.2 Å². The maximum Gasteiger partial charge on any atom is 0.224 e. The van der Waals surface area contributed by atoms with Crippen LogP contribution in [0.25, 0.3) is 0 Å². The Balaban J connectivity index is 1.88. The quantitative estimate of drug-likeness (QED) is 0.802. The predicted molar refractivity (Wildman–Crippen MR) is 62.0 cm³/mol. The lowest BCUT2D eigenvalue weighted by Gasteiger charge is -2.31. The van der Waals surface area contributed by atoms with E-state index in [2.05, 4.69) is 6.07 Å². The fourth-order valence-electron chi connectivity index (χ4n) is 2.19. The van der Waals surface area contributed by atoms with Gasteiger partial charge in [-0.25, -0.2) is 0 Å². The molecule has 1 saturated heterocycles. The molecule has 17 heavy (non-hydrogen) atoms. The summed E-state index contributed by atoms with van der Waals surface area (Å²) in [5, 5.41) is 9.00. The molecule has 2 heterocycles. The zero-order valence-corrected chi connectivity index (χ0v) is 9.76. The third-order valence-electron chi connectivity index (χ3n) is 3.14. The van der Waals surface area contributed by atoms with Crippen molar-refractivity contribution in [3.05, 3.63) is 24.2 Å². The first-order valence-corrected chi connectivity index (χ1v) is 6.02. The standard InChI is InChI=1S/C13H16N2O2/c14-10-11-4-1-2-8-15(11)13(16)7-6-12-5-3-9-17-12/h3,5,9,11H,1-2,4,6-8H2. The molecular formula is C13H16N2O2. The molecule has 4 heteroatoms. The average Bonchev–Trinajstić information content (AvgIpc) is 2.89. The number of likely N-dealkylation sites (tertiary alicyclic amines) is 1. The van der Waals surface area contributed by atoms with Gasteiger partial charge in [-0.3, -0.25) is 4.79 Å². The highest BCUT2D eigenvalue weighted by atomic mass is 16.3. The van der Waals surface area contributed by atoms with Gasteiger partial charge in [0.05, 0.1) is 12.3 Å². The van der Waals surface area contributed by atoms with Gasteiger partial charge in [0.15, 0.2) is 0 Å². The smallest absolute Gasteiger partial charge is 0.224 e. The first kappa shape index (κ1) is 11.7. The maximum absolute atomic E-state index is 12.0. The van der Waals surface area contributed by atoms with E-state index < -0.39 is 0 Å². The molecule has 0 N–H and O–H groups in total. The largest absolute Gasteiger partial charge is 0.469 e. The van der Waals surface area contributed by atoms with Gasteiger partial charge in [-0.15, -0.1) is 0 Å². The molecule has 0 saturated carbocycles. The Morgan fingerprint density at radius 2 is 2.47 bits per heavy atom. The lowest BCUT2D eigenvalue weighted by Crippen LogP contribution is -2.43. The second-order valence-electron chi connectivity index (χ2n) is 4.31. The van der Waals surface area contributed by atoms with E-state index >= 15 is 0 Å². The summed E-state index contributed by atoms with van der Waals surface area (Å²) in [7, 11) is 0. The van der Waals surface area contributed by atoms with Crippen molar-refractivity contribution in [1.29, 1.82) is 5.26 Å². The molecule has 1 aliphatic rings. The number of rotatable bonds is 3. The fourth-order valence-corrected chi connectivity index (χ4v) is 2.19. The maximum atomic E-state index is 12.0. The molecule has 1 fully saturated rings. The summed E-state index contributed by atoms with van der Waals surface area (Å²) in [4.78, 5) is 13.7. The van der Waals surface area contributed by atoms with Crippen molar-refractivity contribution >= 4 is 5.91 Å². The zero-order chi connectivity index (χ0) is 12.1. The van der Waals surface area contributed by atoms with Gasteiger partial charge in [-0.1, -0.05) is 0 Å². The molecule has 1 aromatic heterocycles. The van der Waals surface area contributed by atoms with E-state index in [1.54, 1.807) is 11.2 Å². The van der Waals surface area contributed by atoms with E-state index in [1.807, 2.05) is 12.1 Å². The molecule has 0 aromatic carbocycles. The van der Waals surface area contributed by atoms with Gasteiger partial charge in [0.2, 0.25) is 5.91 Å². The highest BCUT2D eigenvalue weighted by molar-refractivity contribution is 5.77. The normalized spacial score (nSPS) is 19.9. The molecular weight excluding hydrogens is 216 g/mol. The van der Waals surface area contributed by atoms with E-state index in [0.717, 1.165) is 31.6 Å². The second-order valence-corrected chi connectivity index (χ2v) is 4.31. The summed E-state index contributed by atoms with van der Waals surface area (Å²) < 4.78 is 5.19. The minimum absolute atomic E-state index is 0.0626. The lowest BCUT2D eigenvalue weighted by atomic mass is 10.0. The van der Waals surface area contributed by atoms with Crippen LogP contribution in [0.15, 0.2) is 22.8 Å². The Bertz CT molecular complexity index is 406. The molecule has 90 valence electrons. The van der Waals surface area contributed by atoms with Crippen LogP contribution in [0.5, 0.6) is 0 Å². The van der Waals surface area contributed by atoms with Crippen molar-refractivity contribution in [2.45, 2.75) is 38.1 Å². The summed E-state index contributed by atoms with van der Waals surface area (Å²) in [5.41, 5.74) is 0. The Labute approximate surface area is 101 Å². The summed E-state index contributed by atoms with van der Waals surface area (Å²) in [5.74, 6) is 0.886. The predicted octanol–water partition coefficient (Wildman–Crippen LogP) is 2.12. The molecule has 1 amide bonds. The Morgan fingerprint density at radius 1 is 1.59 bits per heavy atom. The number of aryl methyl sites for hydroxylation is 1. The molecule has 2 rings (SSSR count). The van der Waals surface area contributed by atoms with Gasteiger partial charge in [0, 0.05) is 19.4 Å². The van der Waals surface area contributed by atoms with Crippen molar-refractivity contribution in [3.8, 4) is 6.07 Å². The molecule has 0 radical (unpaired) electrons. The van der Waals surface area contributed by atoms with E-state index in [4.69, 9.17) is 9.68 Å². The van der Waals surface area contributed by atoms with Crippen LogP contribution < -0.4 is 0 Å². The minimum Gasteiger partial charge on any atom is -0.469 e. The molecule has 1 unspecified atom stereocenters. The van der Waals surface area contributed by atoms with Crippen molar-refractivity contribution < 1.29 is 9.21 Å². The fraction of sp³-hybridized carbons (Fsp3) is 0.538. The Hall–Kier alpha value is -1.76. The van der Waals surface area contributed by atoms with Crippen LogP contribution in [0.2, 0.25) is 0 Å². The van der Waals surface area contributed by atoms with Crippen LogP contribution in [0.3, 0.4) is 0 Å². The van der Waals surface area contributed by atoms with Gasteiger partial charge in [-0.2, -0.15) is 5.26 Å². The molecule has 1 atom stereocenters. The number of furan rings is 1. The number of nitrogens with zero attached hydrogens (tertiary/aromatic N) is 2. The summed E-state index contributed by atoms with van der Waals surface area (Å²) in [6, 6.07) is 5.67. The van der Waals surface area contributed by atoms with E-state index in [1.165, 1.54) is 0 Å². The third kappa shape index (κ3) is 2.88. The first-order valence-electron chi connectivity index (χ1n) is 6.02. The first-order chi connectivity index (χ1) is 8.31. The van der Waals surface area contributed by atoms with Crippen LogP contribution in [0.4, 0.5) is 0 Å². The van der Waals surface area contributed by atoms with Crippen LogP contribution in [0.1, 0.15) is 31.4 Å². The molecule has 1 aromatic rings. The van der Waals surface area contributed by atoms with Gasteiger partial charge in [0.1, 0.15) is 11.8 Å². The summed E-state index contributed by atoms with van der Waals surface area (Å²) in [6.07, 6.45) is 5.50. The molecule has 0 spiro atoms. The van der Waals surface area contributed by atoms with E-state index in [-0.39, 0.29) is 11.9 Å². The third-order valence-corrected chi connectivity index (χ3v) is 3.14. The summed E-state index contributed by atoms with van der Waals surface area (Å²) in [6.45, 7) is 0.717. The molecule has 4 nitrogen and oxygen atoms in total. The number of hydrogen-bond acceptors (Lipinski definition) is 3. The van der Waals surface area contributed by atoms with Crippen LogP contribution in [-0.4, -0.2) is 23.4 Å². The van der Waals surface area contributed by atoms with Crippen LogP contribution in [-0.2, 0) is 11.2 Å². The Kier molecular flexibility index (Phi) is 3.81. The number of hydrogen-bond donors (Lipinski definition) is 0.